The number of hydrogen-bond acceptors (Lipinski definition) is 1. The third-order valence-electron chi connectivity index (χ3n) is 3.15. The SMILES string of the molecule is Fc1ccc(C(Cl)c2cnn(-c3ccccc3)c2)cc1Br. The van der Waals surface area contributed by atoms with Crippen molar-refractivity contribution in [2.75, 3.05) is 0 Å². The predicted molar refractivity (Wildman–Crippen MR) is 85.4 cm³/mol. The van der Waals surface area contributed by atoms with Gasteiger partial charge < -0.3 is 0 Å². The Balaban J connectivity index is 1.90. The summed E-state index contributed by atoms with van der Waals surface area (Å²) < 4.78 is 15.5. The zero-order chi connectivity index (χ0) is 14.8. The Hall–Kier alpha value is -1.65. The van der Waals surface area contributed by atoms with E-state index in [1.54, 1.807) is 23.0 Å². The number of rotatable bonds is 3. The van der Waals surface area contributed by atoms with Gasteiger partial charge in [0.2, 0.25) is 0 Å². The van der Waals surface area contributed by atoms with Gasteiger partial charge in [-0.2, -0.15) is 5.10 Å². The van der Waals surface area contributed by atoms with Gasteiger partial charge in [0, 0.05) is 11.8 Å². The molecule has 0 aliphatic heterocycles. The van der Waals surface area contributed by atoms with Gasteiger partial charge >= 0.3 is 0 Å². The van der Waals surface area contributed by atoms with Crippen molar-refractivity contribution < 1.29 is 4.39 Å². The molecule has 0 N–H and O–H groups in total. The summed E-state index contributed by atoms with van der Waals surface area (Å²) in [6, 6.07) is 14.6. The molecule has 0 saturated heterocycles. The molecule has 0 aliphatic rings. The van der Waals surface area contributed by atoms with Crippen LogP contribution in [0, 0.1) is 5.82 Å². The quantitative estimate of drug-likeness (QED) is 0.590. The van der Waals surface area contributed by atoms with Gasteiger partial charge in [0.1, 0.15) is 5.82 Å². The highest BCUT2D eigenvalue weighted by molar-refractivity contribution is 9.10. The summed E-state index contributed by atoms with van der Waals surface area (Å²) in [5.74, 6) is -0.303. The van der Waals surface area contributed by atoms with E-state index in [-0.39, 0.29) is 11.2 Å². The van der Waals surface area contributed by atoms with Crippen molar-refractivity contribution in [1.82, 2.24) is 9.78 Å². The highest BCUT2D eigenvalue weighted by atomic mass is 79.9. The third kappa shape index (κ3) is 3.01. The molecular weight excluding hydrogens is 355 g/mol. The Morgan fingerprint density at radius 3 is 2.57 bits per heavy atom. The smallest absolute Gasteiger partial charge is 0.137 e. The Labute approximate surface area is 135 Å². The second kappa shape index (κ2) is 6.00. The molecule has 0 spiro atoms. The first-order chi connectivity index (χ1) is 10.1. The largest absolute Gasteiger partial charge is 0.241 e. The molecule has 1 heterocycles. The standard InChI is InChI=1S/C16H11BrClFN2/c17-14-8-11(6-7-15(14)19)16(18)12-9-20-21(10-12)13-4-2-1-3-5-13/h1-10,16H. The van der Waals surface area contributed by atoms with Crippen LogP contribution in [0.15, 0.2) is 65.4 Å². The van der Waals surface area contributed by atoms with Gasteiger partial charge in [-0.3, -0.25) is 0 Å². The summed E-state index contributed by atoms with van der Waals surface area (Å²) >= 11 is 9.63. The summed E-state index contributed by atoms with van der Waals surface area (Å²) in [6.07, 6.45) is 3.60. The highest BCUT2D eigenvalue weighted by Gasteiger charge is 2.15. The first-order valence-electron chi connectivity index (χ1n) is 6.34. The maximum Gasteiger partial charge on any atom is 0.137 e. The minimum atomic E-state index is -0.376. The summed E-state index contributed by atoms with van der Waals surface area (Å²) in [6.45, 7) is 0. The zero-order valence-electron chi connectivity index (χ0n) is 10.9. The van der Waals surface area contributed by atoms with Gasteiger partial charge in [0.15, 0.2) is 0 Å². The Bertz CT molecular complexity index is 758. The van der Waals surface area contributed by atoms with E-state index in [4.69, 9.17) is 11.6 Å². The van der Waals surface area contributed by atoms with Crippen molar-refractivity contribution in [2.24, 2.45) is 0 Å². The highest BCUT2D eigenvalue weighted by Crippen LogP contribution is 2.31. The maximum atomic E-state index is 13.3. The minimum absolute atomic E-state index is 0.303. The number of aromatic nitrogens is 2. The fourth-order valence-corrected chi connectivity index (χ4v) is 2.70. The lowest BCUT2D eigenvalue weighted by Crippen LogP contribution is -1.94. The second-order valence-electron chi connectivity index (χ2n) is 4.59. The topological polar surface area (TPSA) is 17.8 Å². The van der Waals surface area contributed by atoms with Gasteiger partial charge in [-0.05, 0) is 45.8 Å². The molecule has 0 aliphatic carbocycles. The lowest BCUT2D eigenvalue weighted by molar-refractivity contribution is 0.620. The molecule has 2 nitrogen and oxygen atoms in total. The zero-order valence-corrected chi connectivity index (χ0v) is 13.2. The van der Waals surface area contributed by atoms with E-state index in [1.807, 2.05) is 36.5 Å². The number of alkyl halides is 1. The normalized spacial score (nSPS) is 12.3. The van der Waals surface area contributed by atoms with Gasteiger partial charge in [-0.15, -0.1) is 11.6 Å². The van der Waals surface area contributed by atoms with Crippen LogP contribution >= 0.6 is 27.5 Å². The third-order valence-corrected chi connectivity index (χ3v) is 4.26. The van der Waals surface area contributed by atoms with Crippen LogP contribution in [-0.2, 0) is 0 Å². The van der Waals surface area contributed by atoms with Gasteiger partial charge in [0.05, 0.1) is 21.7 Å². The van der Waals surface area contributed by atoms with Crippen LogP contribution in [0.25, 0.3) is 5.69 Å². The molecule has 5 heteroatoms. The Morgan fingerprint density at radius 2 is 1.86 bits per heavy atom. The molecule has 0 fully saturated rings. The Morgan fingerprint density at radius 1 is 1.10 bits per heavy atom. The fraction of sp³-hybridized carbons (Fsp3) is 0.0625. The van der Waals surface area contributed by atoms with Crippen LogP contribution < -0.4 is 0 Å². The molecule has 1 aromatic heterocycles. The van der Waals surface area contributed by atoms with Gasteiger partial charge in [0.25, 0.3) is 0 Å². The van der Waals surface area contributed by atoms with Crippen molar-refractivity contribution in [2.45, 2.75) is 5.38 Å². The van der Waals surface area contributed by atoms with Crippen molar-refractivity contribution >= 4 is 27.5 Å². The molecule has 0 amide bonds. The number of para-hydroxylation sites is 1. The van der Waals surface area contributed by atoms with Crippen molar-refractivity contribution in [1.29, 1.82) is 0 Å². The van der Waals surface area contributed by atoms with E-state index in [0.717, 1.165) is 16.8 Å². The van der Waals surface area contributed by atoms with E-state index in [2.05, 4.69) is 21.0 Å². The van der Waals surface area contributed by atoms with Crippen LogP contribution in [0.5, 0.6) is 0 Å². The molecule has 0 bridgehead atoms. The number of halogens is 3. The molecule has 2 aromatic carbocycles. The average molecular weight is 366 g/mol. The van der Waals surface area contributed by atoms with Crippen LogP contribution in [0.2, 0.25) is 0 Å². The van der Waals surface area contributed by atoms with Gasteiger partial charge in [-0.25, -0.2) is 9.07 Å². The summed E-state index contributed by atoms with van der Waals surface area (Å²) in [5, 5.41) is 3.94. The predicted octanol–water partition coefficient (Wildman–Crippen LogP) is 5.10. The molecular formula is C16H11BrClFN2. The molecule has 3 rings (SSSR count). The summed E-state index contributed by atoms with van der Waals surface area (Å²) in [4.78, 5) is 0. The van der Waals surface area contributed by atoms with Crippen LogP contribution in [-0.4, -0.2) is 9.78 Å². The monoisotopic (exact) mass is 364 g/mol. The van der Waals surface area contributed by atoms with E-state index in [1.165, 1.54) is 6.07 Å². The van der Waals surface area contributed by atoms with Crippen molar-refractivity contribution in [3.05, 3.63) is 82.3 Å². The molecule has 3 aromatic rings. The summed E-state index contributed by atoms with van der Waals surface area (Å²) in [5.41, 5.74) is 2.64. The lowest BCUT2D eigenvalue weighted by Gasteiger charge is -2.08. The van der Waals surface area contributed by atoms with Gasteiger partial charge in [-0.1, -0.05) is 24.3 Å². The van der Waals surface area contributed by atoms with Crippen molar-refractivity contribution in [3.63, 3.8) is 0 Å². The molecule has 106 valence electrons. The molecule has 1 atom stereocenters. The number of benzene rings is 2. The fourth-order valence-electron chi connectivity index (χ4n) is 2.05. The lowest BCUT2D eigenvalue weighted by atomic mass is 10.1. The van der Waals surface area contributed by atoms with E-state index in [9.17, 15) is 4.39 Å². The van der Waals surface area contributed by atoms with E-state index >= 15 is 0 Å². The number of hydrogen-bond donors (Lipinski definition) is 0. The number of nitrogens with zero attached hydrogens (tertiary/aromatic N) is 2. The average Bonchev–Trinajstić information content (AvgIpc) is 3.00. The van der Waals surface area contributed by atoms with Crippen molar-refractivity contribution in [3.8, 4) is 5.69 Å². The first kappa shape index (κ1) is 14.3. The van der Waals surface area contributed by atoms with Crippen LogP contribution in [0.3, 0.4) is 0 Å². The van der Waals surface area contributed by atoms with Crippen LogP contribution in [0.4, 0.5) is 4.39 Å². The molecule has 21 heavy (non-hydrogen) atoms. The van der Waals surface area contributed by atoms with E-state index in [0.29, 0.717) is 4.47 Å². The minimum Gasteiger partial charge on any atom is -0.241 e. The molecule has 1 unspecified atom stereocenters. The Kier molecular flexibility index (Phi) is 4.08. The molecule has 0 radical (unpaired) electrons. The first-order valence-corrected chi connectivity index (χ1v) is 7.57. The summed E-state index contributed by atoms with van der Waals surface area (Å²) in [7, 11) is 0. The second-order valence-corrected chi connectivity index (χ2v) is 5.88. The molecule has 0 saturated carbocycles. The maximum absolute atomic E-state index is 13.3. The van der Waals surface area contributed by atoms with E-state index < -0.39 is 0 Å². The van der Waals surface area contributed by atoms with Crippen LogP contribution in [0.1, 0.15) is 16.5 Å².